The first-order chi connectivity index (χ1) is 14.5. The van der Waals surface area contributed by atoms with E-state index in [2.05, 4.69) is 26.5 Å². The van der Waals surface area contributed by atoms with Crippen LogP contribution in [-0.2, 0) is 6.61 Å². The van der Waals surface area contributed by atoms with Crippen LogP contribution >= 0.6 is 27.5 Å². The monoisotopic (exact) mass is 486 g/mol. The van der Waals surface area contributed by atoms with Crippen LogP contribution in [0.2, 0.25) is 5.02 Å². The molecule has 0 saturated carbocycles. The molecule has 0 heterocycles. The van der Waals surface area contributed by atoms with Gasteiger partial charge >= 0.3 is 0 Å². The minimum Gasteiger partial charge on any atom is -0.490 e. The van der Waals surface area contributed by atoms with Gasteiger partial charge in [-0.2, -0.15) is 5.10 Å². The molecule has 0 aliphatic heterocycles. The molecule has 1 N–H and O–H groups in total. The fraction of sp³-hybridized carbons (Fsp3) is 0.130. The number of carbonyl (C=O) groups is 1. The van der Waals surface area contributed by atoms with Crippen molar-refractivity contribution in [3.63, 3.8) is 0 Å². The Kier molecular flexibility index (Phi) is 7.88. The summed E-state index contributed by atoms with van der Waals surface area (Å²) in [5.41, 5.74) is 4.82. The predicted molar refractivity (Wildman–Crippen MR) is 123 cm³/mol. The molecule has 0 radical (unpaired) electrons. The van der Waals surface area contributed by atoms with Crippen molar-refractivity contribution >= 4 is 39.7 Å². The zero-order valence-corrected chi connectivity index (χ0v) is 18.6. The molecule has 0 spiro atoms. The van der Waals surface area contributed by atoms with Crippen molar-refractivity contribution in [3.8, 4) is 11.5 Å². The topological polar surface area (TPSA) is 59.9 Å². The van der Waals surface area contributed by atoms with Gasteiger partial charge in [-0.3, -0.25) is 4.79 Å². The van der Waals surface area contributed by atoms with Crippen molar-refractivity contribution in [1.29, 1.82) is 0 Å². The lowest BCUT2D eigenvalue weighted by Gasteiger charge is -2.12. The van der Waals surface area contributed by atoms with Gasteiger partial charge in [0.05, 0.1) is 12.8 Å². The Morgan fingerprint density at radius 1 is 1.03 bits per heavy atom. The van der Waals surface area contributed by atoms with Gasteiger partial charge in [0, 0.05) is 15.1 Å². The Bertz CT molecular complexity index is 1020. The molecule has 0 fully saturated rings. The highest BCUT2D eigenvalue weighted by Gasteiger charge is 2.07. The molecule has 3 aromatic rings. The Hall–Kier alpha value is -2.83. The molecule has 30 heavy (non-hydrogen) atoms. The minimum absolute atomic E-state index is 0.285. The molecule has 3 aromatic carbocycles. The van der Waals surface area contributed by atoms with Gasteiger partial charge < -0.3 is 9.47 Å². The van der Waals surface area contributed by atoms with E-state index in [1.54, 1.807) is 30.5 Å². The first-order valence-electron chi connectivity index (χ1n) is 9.28. The molecule has 0 aliphatic carbocycles. The number of nitrogens with one attached hydrogen (secondary N) is 1. The number of halogens is 2. The summed E-state index contributed by atoms with van der Waals surface area (Å²) in [6.45, 7) is 2.80. The smallest absolute Gasteiger partial charge is 0.271 e. The summed E-state index contributed by atoms with van der Waals surface area (Å²) in [5, 5.41) is 4.71. The average Bonchev–Trinajstić information content (AvgIpc) is 2.75. The maximum absolute atomic E-state index is 12.1. The molecule has 5 nitrogen and oxygen atoms in total. The Balaban J connectivity index is 1.64. The summed E-state index contributed by atoms with van der Waals surface area (Å²) >= 11 is 9.26. The van der Waals surface area contributed by atoms with Gasteiger partial charge in [0.1, 0.15) is 6.61 Å². The largest absolute Gasteiger partial charge is 0.490 e. The van der Waals surface area contributed by atoms with E-state index < -0.39 is 0 Å². The number of benzene rings is 3. The summed E-state index contributed by atoms with van der Waals surface area (Å²) in [6, 6.07) is 20.0. The van der Waals surface area contributed by atoms with Crippen LogP contribution in [0.1, 0.15) is 28.4 Å². The van der Waals surface area contributed by atoms with Crippen molar-refractivity contribution in [1.82, 2.24) is 5.43 Å². The van der Waals surface area contributed by atoms with Crippen LogP contribution in [0.4, 0.5) is 0 Å². The Morgan fingerprint density at radius 3 is 2.47 bits per heavy atom. The van der Waals surface area contributed by atoms with E-state index in [4.69, 9.17) is 21.1 Å². The van der Waals surface area contributed by atoms with E-state index in [9.17, 15) is 4.79 Å². The SMILES string of the molecule is CCOc1cc(C=NNC(=O)c2ccc(Br)cc2)ccc1OCc1ccc(Cl)cc1. The zero-order chi connectivity index (χ0) is 21.3. The van der Waals surface area contributed by atoms with Crippen LogP contribution in [0.15, 0.2) is 76.3 Å². The van der Waals surface area contributed by atoms with Gasteiger partial charge in [0.2, 0.25) is 0 Å². The second-order valence-electron chi connectivity index (χ2n) is 6.26. The van der Waals surface area contributed by atoms with Crippen molar-refractivity contribution in [2.75, 3.05) is 6.61 Å². The summed E-state index contributed by atoms with van der Waals surface area (Å²) < 4.78 is 12.5. The summed E-state index contributed by atoms with van der Waals surface area (Å²) in [6.07, 6.45) is 1.56. The lowest BCUT2D eigenvalue weighted by molar-refractivity contribution is 0.0955. The molecule has 0 aromatic heterocycles. The van der Waals surface area contributed by atoms with E-state index in [0.717, 1.165) is 15.6 Å². The second-order valence-corrected chi connectivity index (χ2v) is 7.61. The number of nitrogens with zero attached hydrogens (tertiary/aromatic N) is 1. The minimum atomic E-state index is -0.285. The molecular formula is C23H20BrClN2O3. The van der Waals surface area contributed by atoms with Crippen molar-refractivity contribution in [2.24, 2.45) is 5.10 Å². The fourth-order valence-corrected chi connectivity index (χ4v) is 2.96. The maximum Gasteiger partial charge on any atom is 0.271 e. The number of rotatable bonds is 8. The van der Waals surface area contributed by atoms with Gasteiger partial charge in [-0.1, -0.05) is 39.7 Å². The Morgan fingerprint density at radius 2 is 1.77 bits per heavy atom. The number of hydrogen-bond donors (Lipinski definition) is 1. The standard InChI is InChI=1S/C23H20BrClN2O3/c1-2-29-22-13-17(14-26-27-23(28)18-6-8-19(24)9-7-18)5-12-21(22)30-15-16-3-10-20(25)11-4-16/h3-14H,2,15H2,1H3,(H,27,28). The van der Waals surface area contributed by atoms with Gasteiger partial charge in [-0.25, -0.2) is 5.43 Å². The Labute approximate surface area is 188 Å². The van der Waals surface area contributed by atoms with Gasteiger partial charge in [0.15, 0.2) is 11.5 Å². The molecule has 0 aliphatic rings. The molecule has 154 valence electrons. The van der Waals surface area contributed by atoms with Crippen LogP contribution in [0, 0.1) is 0 Å². The average molecular weight is 488 g/mol. The second kappa shape index (κ2) is 10.8. The molecule has 0 atom stereocenters. The first kappa shape index (κ1) is 21.9. The van der Waals surface area contributed by atoms with Crippen molar-refractivity contribution < 1.29 is 14.3 Å². The fourth-order valence-electron chi connectivity index (χ4n) is 2.57. The molecule has 0 saturated heterocycles. The van der Waals surface area contributed by atoms with Crippen LogP contribution in [0.3, 0.4) is 0 Å². The third-order valence-corrected chi connectivity index (χ3v) is 4.84. The first-order valence-corrected chi connectivity index (χ1v) is 10.5. The number of carbonyl (C=O) groups excluding carboxylic acids is 1. The van der Waals surface area contributed by atoms with E-state index in [0.29, 0.717) is 35.3 Å². The van der Waals surface area contributed by atoms with Gasteiger partial charge in [-0.05, 0) is 72.6 Å². The molecule has 7 heteroatoms. The van der Waals surface area contributed by atoms with Crippen LogP contribution in [0.25, 0.3) is 0 Å². The van der Waals surface area contributed by atoms with Crippen LogP contribution in [-0.4, -0.2) is 18.7 Å². The maximum atomic E-state index is 12.1. The lowest BCUT2D eigenvalue weighted by atomic mass is 10.2. The van der Waals surface area contributed by atoms with E-state index >= 15 is 0 Å². The lowest BCUT2D eigenvalue weighted by Crippen LogP contribution is -2.17. The van der Waals surface area contributed by atoms with Crippen molar-refractivity contribution in [2.45, 2.75) is 13.5 Å². The zero-order valence-electron chi connectivity index (χ0n) is 16.3. The molecule has 0 unspecified atom stereocenters. The molecule has 3 rings (SSSR count). The quantitative estimate of drug-likeness (QED) is 0.320. The predicted octanol–water partition coefficient (Wildman–Crippen LogP) is 5.84. The molecule has 1 amide bonds. The molecule has 0 bridgehead atoms. The highest BCUT2D eigenvalue weighted by Crippen LogP contribution is 2.29. The van der Waals surface area contributed by atoms with Gasteiger partial charge in [0.25, 0.3) is 5.91 Å². The summed E-state index contributed by atoms with van der Waals surface area (Å²) in [5.74, 6) is 0.948. The number of hydrazone groups is 1. The third kappa shape index (κ3) is 6.34. The van der Waals surface area contributed by atoms with Crippen LogP contribution in [0.5, 0.6) is 11.5 Å². The van der Waals surface area contributed by atoms with Crippen molar-refractivity contribution in [3.05, 3.63) is 92.9 Å². The van der Waals surface area contributed by atoms with E-state index in [-0.39, 0.29) is 5.91 Å². The van der Waals surface area contributed by atoms with E-state index in [1.807, 2.05) is 49.4 Å². The highest BCUT2D eigenvalue weighted by atomic mass is 79.9. The van der Waals surface area contributed by atoms with E-state index in [1.165, 1.54) is 0 Å². The number of ether oxygens (including phenoxy) is 2. The highest BCUT2D eigenvalue weighted by molar-refractivity contribution is 9.10. The summed E-state index contributed by atoms with van der Waals surface area (Å²) in [7, 11) is 0. The normalized spacial score (nSPS) is 10.8. The number of hydrogen-bond acceptors (Lipinski definition) is 4. The number of amides is 1. The van der Waals surface area contributed by atoms with Crippen LogP contribution < -0.4 is 14.9 Å². The van der Waals surface area contributed by atoms with Gasteiger partial charge in [-0.15, -0.1) is 0 Å². The third-order valence-electron chi connectivity index (χ3n) is 4.06. The summed E-state index contributed by atoms with van der Waals surface area (Å²) in [4.78, 5) is 12.1. The molecular weight excluding hydrogens is 468 g/mol.